The Morgan fingerprint density at radius 1 is 1.06 bits per heavy atom. The fourth-order valence-electron chi connectivity index (χ4n) is 1.61. The molecule has 1 atom stereocenters. The molecule has 0 aliphatic rings. The largest absolute Gasteiger partial charge is 0.387 e. The molecule has 2 aromatic carbocycles. The number of anilines is 1. The second kappa shape index (κ2) is 5.71. The van der Waals surface area contributed by atoms with Gasteiger partial charge in [-0.1, -0.05) is 48.0 Å². The van der Waals surface area contributed by atoms with Crippen LogP contribution in [-0.2, 0) is 0 Å². The Morgan fingerprint density at radius 2 is 1.82 bits per heavy atom. The van der Waals surface area contributed by atoms with Crippen LogP contribution in [0.15, 0.2) is 54.6 Å². The van der Waals surface area contributed by atoms with E-state index in [9.17, 15) is 5.11 Å². The third-order valence-electron chi connectivity index (χ3n) is 2.51. The lowest BCUT2D eigenvalue weighted by atomic mass is 10.1. The van der Waals surface area contributed by atoms with E-state index in [1.807, 2.05) is 54.6 Å². The molecule has 88 valence electrons. The van der Waals surface area contributed by atoms with Gasteiger partial charge in [0.15, 0.2) is 0 Å². The molecule has 0 saturated heterocycles. The van der Waals surface area contributed by atoms with Gasteiger partial charge in [-0.25, -0.2) is 0 Å². The van der Waals surface area contributed by atoms with E-state index in [2.05, 4.69) is 5.32 Å². The van der Waals surface area contributed by atoms with E-state index in [-0.39, 0.29) is 0 Å². The molecule has 17 heavy (non-hydrogen) atoms. The minimum Gasteiger partial charge on any atom is -0.387 e. The monoisotopic (exact) mass is 247 g/mol. The maximum Gasteiger partial charge on any atom is 0.0962 e. The first-order chi connectivity index (χ1) is 8.25. The maximum absolute atomic E-state index is 9.96. The minimum absolute atomic E-state index is 0.463. The van der Waals surface area contributed by atoms with E-state index < -0.39 is 6.10 Å². The van der Waals surface area contributed by atoms with Gasteiger partial charge in [0.1, 0.15) is 0 Å². The summed E-state index contributed by atoms with van der Waals surface area (Å²) in [5, 5.41) is 13.8. The minimum atomic E-state index is -0.518. The number of rotatable bonds is 4. The lowest BCUT2D eigenvalue weighted by Crippen LogP contribution is -2.11. The third-order valence-corrected chi connectivity index (χ3v) is 2.74. The number of aliphatic hydroxyl groups excluding tert-OH is 1. The first kappa shape index (κ1) is 12.0. The predicted molar refractivity (Wildman–Crippen MR) is 71.3 cm³/mol. The van der Waals surface area contributed by atoms with E-state index in [0.29, 0.717) is 11.6 Å². The average Bonchev–Trinajstić information content (AvgIpc) is 2.37. The quantitative estimate of drug-likeness (QED) is 0.867. The highest BCUT2D eigenvalue weighted by atomic mass is 35.5. The molecule has 2 N–H and O–H groups in total. The third kappa shape index (κ3) is 3.48. The van der Waals surface area contributed by atoms with Gasteiger partial charge in [-0.05, 0) is 23.8 Å². The topological polar surface area (TPSA) is 32.3 Å². The van der Waals surface area contributed by atoms with Crippen LogP contribution in [0.5, 0.6) is 0 Å². The van der Waals surface area contributed by atoms with Crippen molar-refractivity contribution in [2.45, 2.75) is 6.10 Å². The first-order valence-electron chi connectivity index (χ1n) is 5.48. The Balaban J connectivity index is 1.95. The van der Waals surface area contributed by atoms with E-state index in [1.165, 1.54) is 0 Å². The maximum atomic E-state index is 9.96. The molecule has 0 aliphatic carbocycles. The zero-order valence-corrected chi connectivity index (χ0v) is 10.1. The van der Waals surface area contributed by atoms with Crippen molar-refractivity contribution in [2.75, 3.05) is 11.9 Å². The molecule has 1 unspecified atom stereocenters. The van der Waals surface area contributed by atoms with E-state index in [4.69, 9.17) is 11.6 Å². The van der Waals surface area contributed by atoms with Crippen molar-refractivity contribution in [3.63, 3.8) is 0 Å². The summed E-state index contributed by atoms with van der Waals surface area (Å²) in [4.78, 5) is 0. The van der Waals surface area contributed by atoms with Crippen LogP contribution in [-0.4, -0.2) is 11.7 Å². The van der Waals surface area contributed by atoms with Crippen molar-refractivity contribution in [1.29, 1.82) is 0 Å². The molecule has 0 fully saturated rings. The van der Waals surface area contributed by atoms with Crippen molar-refractivity contribution in [1.82, 2.24) is 0 Å². The number of nitrogens with one attached hydrogen (secondary N) is 1. The van der Waals surface area contributed by atoms with Crippen LogP contribution in [0.3, 0.4) is 0 Å². The van der Waals surface area contributed by atoms with Crippen LogP contribution in [0.25, 0.3) is 0 Å². The van der Waals surface area contributed by atoms with Gasteiger partial charge in [-0.3, -0.25) is 0 Å². The Bertz CT molecular complexity index is 473. The lowest BCUT2D eigenvalue weighted by molar-refractivity contribution is 0.191. The van der Waals surface area contributed by atoms with Gasteiger partial charge in [0, 0.05) is 17.3 Å². The average molecular weight is 248 g/mol. The van der Waals surface area contributed by atoms with Crippen LogP contribution < -0.4 is 5.32 Å². The summed E-state index contributed by atoms with van der Waals surface area (Å²) in [6.45, 7) is 0.463. The van der Waals surface area contributed by atoms with Gasteiger partial charge in [0.2, 0.25) is 0 Å². The Morgan fingerprint density at radius 3 is 2.53 bits per heavy atom. The molecule has 0 radical (unpaired) electrons. The van der Waals surface area contributed by atoms with E-state index in [0.717, 1.165) is 11.3 Å². The Hall–Kier alpha value is -1.51. The summed E-state index contributed by atoms with van der Waals surface area (Å²) in [5.41, 5.74) is 1.81. The van der Waals surface area contributed by atoms with Crippen LogP contribution in [0.4, 0.5) is 5.69 Å². The molecule has 0 saturated carbocycles. The first-order valence-corrected chi connectivity index (χ1v) is 5.86. The van der Waals surface area contributed by atoms with E-state index in [1.54, 1.807) is 0 Å². The number of aliphatic hydroxyl groups is 1. The summed E-state index contributed by atoms with van der Waals surface area (Å²) >= 11 is 5.87. The van der Waals surface area contributed by atoms with Crippen molar-refractivity contribution < 1.29 is 5.11 Å². The van der Waals surface area contributed by atoms with Crippen LogP contribution >= 0.6 is 11.6 Å². The normalized spacial score (nSPS) is 12.1. The van der Waals surface area contributed by atoms with Gasteiger partial charge in [-0.2, -0.15) is 0 Å². The highest BCUT2D eigenvalue weighted by molar-refractivity contribution is 6.30. The van der Waals surface area contributed by atoms with Gasteiger partial charge in [0.25, 0.3) is 0 Å². The lowest BCUT2D eigenvalue weighted by Gasteiger charge is -2.13. The molecule has 0 amide bonds. The number of halogens is 1. The van der Waals surface area contributed by atoms with Crippen molar-refractivity contribution in [3.05, 3.63) is 65.2 Å². The van der Waals surface area contributed by atoms with Crippen LogP contribution in [0, 0.1) is 0 Å². The SMILES string of the molecule is OC(CNc1cccc(Cl)c1)c1ccccc1. The van der Waals surface area contributed by atoms with Crippen LogP contribution in [0.2, 0.25) is 5.02 Å². The zero-order valence-electron chi connectivity index (χ0n) is 9.31. The van der Waals surface area contributed by atoms with Gasteiger partial charge in [0.05, 0.1) is 6.10 Å². The van der Waals surface area contributed by atoms with Gasteiger partial charge < -0.3 is 10.4 Å². The molecule has 0 spiro atoms. The van der Waals surface area contributed by atoms with E-state index >= 15 is 0 Å². The molecule has 0 aromatic heterocycles. The summed E-state index contributed by atoms with van der Waals surface area (Å²) < 4.78 is 0. The van der Waals surface area contributed by atoms with Gasteiger partial charge in [-0.15, -0.1) is 0 Å². The van der Waals surface area contributed by atoms with Crippen molar-refractivity contribution >= 4 is 17.3 Å². The fourth-order valence-corrected chi connectivity index (χ4v) is 1.80. The molecular weight excluding hydrogens is 234 g/mol. The second-order valence-electron chi connectivity index (χ2n) is 3.82. The summed E-state index contributed by atoms with van der Waals surface area (Å²) in [5.74, 6) is 0. The molecule has 0 aliphatic heterocycles. The molecule has 0 bridgehead atoms. The van der Waals surface area contributed by atoms with Gasteiger partial charge >= 0.3 is 0 Å². The molecular formula is C14H14ClNO. The number of benzene rings is 2. The number of hydrogen-bond donors (Lipinski definition) is 2. The summed E-state index contributed by atoms with van der Waals surface area (Å²) in [6.07, 6.45) is -0.518. The van der Waals surface area contributed by atoms with Crippen molar-refractivity contribution in [3.8, 4) is 0 Å². The Labute approximate surface area is 106 Å². The molecule has 0 heterocycles. The predicted octanol–water partition coefficient (Wildman–Crippen LogP) is 3.49. The smallest absolute Gasteiger partial charge is 0.0962 e. The molecule has 2 rings (SSSR count). The number of hydrogen-bond acceptors (Lipinski definition) is 2. The van der Waals surface area contributed by atoms with Crippen LogP contribution in [0.1, 0.15) is 11.7 Å². The summed E-state index contributed by atoms with van der Waals surface area (Å²) in [6, 6.07) is 17.0. The standard InChI is InChI=1S/C14H14ClNO/c15-12-7-4-8-13(9-12)16-10-14(17)11-5-2-1-3-6-11/h1-9,14,16-17H,10H2. The Kier molecular flexibility index (Phi) is 4.02. The van der Waals surface area contributed by atoms with Crippen molar-refractivity contribution in [2.24, 2.45) is 0 Å². The highest BCUT2D eigenvalue weighted by Gasteiger charge is 2.05. The summed E-state index contributed by atoms with van der Waals surface area (Å²) in [7, 11) is 0. The molecule has 2 aromatic rings. The molecule has 2 nitrogen and oxygen atoms in total. The fraction of sp³-hybridized carbons (Fsp3) is 0.143. The highest BCUT2D eigenvalue weighted by Crippen LogP contribution is 2.17. The second-order valence-corrected chi connectivity index (χ2v) is 4.25. The zero-order chi connectivity index (χ0) is 12.1. The molecule has 3 heteroatoms.